The molecule has 0 amide bonds. The lowest BCUT2D eigenvalue weighted by molar-refractivity contribution is 0.600. The maximum atomic E-state index is 12.0. The van der Waals surface area contributed by atoms with Crippen LogP contribution in [0.1, 0.15) is 11.1 Å². The lowest BCUT2D eigenvalue weighted by Crippen LogP contribution is -2.14. The van der Waals surface area contributed by atoms with Gasteiger partial charge in [0.25, 0.3) is 0 Å². The van der Waals surface area contributed by atoms with E-state index in [0.29, 0.717) is 17.8 Å². The Kier molecular flexibility index (Phi) is 3.87. The van der Waals surface area contributed by atoms with Crippen LogP contribution in [0.5, 0.6) is 0 Å². The maximum absolute atomic E-state index is 12.0. The van der Waals surface area contributed by atoms with Crippen molar-refractivity contribution in [3.8, 4) is 0 Å². The smallest absolute Gasteiger partial charge is 0.237 e. The number of nitrogens with two attached hydrogens (primary N) is 1. The molecule has 6 nitrogen and oxygen atoms in total. The van der Waals surface area contributed by atoms with Crippen molar-refractivity contribution in [1.29, 1.82) is 0 Å². The number of sulfonamides is 1. The Labute approximate surface area is 112 Å². The van der Waals surface area contributed by atoms with E-state index >= 15 is 0 Å². The lowest BCUT2D eigenvalue weighted by atomic mass is 10.1. The second-order valence-electron chi connectivity index (χ2n) is 4.28. The van der Waals surface area contributed by atoms with Crippen molar-refractivity contribution >= 4 is 15.7 Å². The van der Waals surface area contributed by atoms with E-state index in [1.807, 2.05) is 12.1 Å². The van der Waals surface area contributed by atoms with Crippen LogP contribution < -0.4 is 10.5 Å². The van der Waals surface area contributed by atoms with Gasteiger partial charge in [0, 0.05) is 19.8 Å². The van der Waals surface area contributed by atoms with Crippen LogP contribution in [0, 0.1) is 0 Å². The first-order chi connectivity index (χ1) is 8.98. The molecule has 0 spiro atoms. The van der Waals surface area contributed by atoms with Crippen molar-refractivity contribution in [2.24, 2.45) is 12.8 Å². The summed E-state index contributed by atoms with van der Waals surface area (Å²) in [6.45, 7) is 0.445. The molecule has 0 bridgehead atoms. The van der Waals surface area contributed by atoms with Crippen LogP contribution in [0.2, 0.25) is 0 Å². The summed E-state index contributed by atoms with van der Waals surface area (Å²) in [4.78, 5) is 0. The Balaban J connectivity index is 2.07. The number of hydrogen-bond acceptors (Lipinski definition) is 4. The van der Waals surface area contributed by atoms with Crippen LogP contribution >= 0.6 is 0 Å². The minimum atomic E-state index is -3.43. The van der Waals surface area contributed by atoms with Gasteiger partial charge in [-0.25, -0.2) is 8.42 Å². The van der Waals surface area contributed by atoms with Crippen LogP contribution in [-0.4, -0.2) is 18.2 Å². The summed E-state index contributed by atoms with van der Waals surface area (Å²) in [7, 11) is -1.70. The first-order valence-corrected chi connectivity index (χ1v) is 7.41. The fourth-order valence-corrected chi connectivity index (χ4v) is 2.85. The molecule has 102 valence electrons. The Morgan fingerprint density at radius 3 is 2.42 bits per heavy atom. The zero-order valence-electron chi connectivity index (χ0n) is 10.6. The molecule has 2 aromatic rings. The molecule has 1 aromatic carbocycles. The molecule has 0 saturated heterocycles. The van der Waals surface area contributed by atoms with E-state index < -0.39 is 10.0 Å². The lowest BCUT2D eigenvalue weighted by Gasteiger charge is -2.06. The van der Waals surface area contributed by atoms with Crippen molar-refractivity contribution in [2.45, 2.75) is 12.3 Å². The number of anilines is 1. The summed E-state index contributed by atoms with van der Waals surface area (Å²) in [5.74, 6) is -0.0766. The predicted octanol–water partition coefficient (Wildman–Crippen LogP) is 0.821. The zero-order valence-corrected chi connectivity index (χ0v) is 11.4. The monoisotopic (exact) mass is 280 g/mol. The van der Waals surface area contributed by atoms with Gasteiger partial charge in [-0.2, -0.15) is 5.10 Å². The summed E-state index contributed by atoms with van der Waals surface area (Å²) in [5.41, 5.74) is 7.64. The highest BCUT2D eigenvalue weighted by Gasteiger charge is 2.12. The van der Waals surface area contributed by atoms with Crippen molar-refractivity contribution in [3.63, 3.8) is 0 Å². The molecule has 0 aliphatic heterocycles. The van der Waals surface area contributed by atoms with E-state index in [1.165, 1.54) is 10.9 Å². The molecule has 0 radical (unpaired) electrons. The summed E-state index contributed by atoms with van der Waals surface area (Å²) in [6.07, 6.45) is 3.07. The molecule has 0 unspecified atom stereocenters. The van der Waals surface area contributed by atoms with Crippen LogP contribution in [0.15, 0.2) is 36.7 Å². The SMILES string of the molecule is Cn1cc(NS(=O)(=O)Cc2ccc(CN)cc2)cn1. The van der Waals surface area contributed by atoms with Crippen molar-refractivity contribution in [2.75, 3.05) is 4.72 Å². The molecule has 0 aliphatic rings. The van der Waals surface area contributed by atoms with Crippen LogP contribution in [0.25, 0.3) is 0 Å². The highest BCUT2D eigenvalue weighted by atomic mass is 32.2. The van der Waals surface area contributed by atoms with Gasteiger partial charge in [-0.05, 0) is 11.1 Å². The van der Waals surface area contributed by atoms with Crippen molar-refractivity contribution in [1.82, 2.24) is 9.78 Å². The van der Waals surface area contributed by atoms with Crippen molar-refractivity contribution in [3.05, 3.63) is 47.8 Å². The van der Waals surface area contributed by atoms with E-state index in [9.17, 15) is 8.42 Å². The molecule has 0 saturated carbocycles. The van der Waals surface area contributed by atoms with E-state index in [-0.39, 0.29) is 5.75 Å². The molecular weight excluding hydrogens is 264 g/mol. The van der Waals surface area contributed by atoms with Gasteiger partial charge in [-0.15, -0.1) is 0 Å². The third kappa shape index (κ3) is 3.80. The maximum Gasteiger partial charge on any atom is 0.237 e. The summed E-state index contributed by atoms with van der Waals surface area (Å²) < 4.78 is 27.9. The van der Waals surface area contributed by atoms with Gasteiger partial charge in [-0.1, -0.05) is 24.3 Å². The van der Waals surface area contributed by atoms with Crippen LogP contribution in [0.3, 0.4) is 0 Å². The molecule has 2 rings (SSSR count). The Bertz CT molecular complexity index is 647. The van der Waals surface area contributed by atoms with Gasteiger partial charge >= 0.3 is 0 Å². The Morgan fingerprint density at radius 1 is 1.26 bits per heavy atom. The minimum absolute atomic E-state index is 0.0766. The third-order valence-electron chi connectivity index (χ3n) is 2.59. The molecule has 0 fully saturated rings. The van der Waals surface area contributed by atoms with Gasteiger partial charge in [0.1, 0.15) is 0 Å². The number of rotatable bonds is 5. The van der Waals surface area contributed by atoms with Gasteiger partial charge < -0.3 is 5.73 Å². The Hall–Kier alpha value is -1.86. The molecule has 1 aromatic heterocycles. The Morgan fingerprint density at radius 2 is 1.89 bits per heavy atom. The van der Waals surface area contributed by atoms with Gasteiger partial charge in [-0.3, -0.25) is 9.40 Å². The molecule has 0 aliphatic carbocycles. The number of benzene rings is 1. The number of aromatic nitrogens is 2. The largest absolute Gasteiger partial charge is 0.326 e. The minimum Gasteiger partial charge on any atom is -0.326 e. The van der Waals surface area contributed by atoms with Crippen LogP contribution in [-0.2, 0) is 29.4 Å². The normalized spacial score (nSPS) is 11.5. The predicted molar refractivity (Wildman–Crippen MR) is 73.8 cm³/mol. The van der Waals surface area contributed by atoms with Crippen molar-refractivity contribution < 1.29 is 8.42 Å². The molecule has 7 heteroatoms. The average Bonchev–Trinajstić information content (AvgIpc) is 2.74. The molecule has 0 atom stereocenters. The van der Waals surface area contributed by atoms with E-state index in [0.717, 1.165) is 5.56 Å². The summed E-state index contributed by atoms with van der Waals surface area (Å²) in [5, 5.41) is 3.91. The average molecular weight is 280 g/mol. The number of nitrogens with zero attached hydrogens (tertiary/aromatic N) is 2. The quantitative estimate of drug-likeness (QED) is 0.848. The molecule has 19 heavy (non-hydrogen) atoms. The summed E-state index contributed by atoms with van der Waals surface area (Å²) in [6, 6.07) is 7.19. The second kappa shape index (κ2) is 5.41. The number of aryl methyl sites for hydroxylation is 1. The van der Waals surface area contributed by atoms with Gasteiger partial charge in [0.2, 0.25) is 10.0 Å². The van der Waals surface area contributed by atoms with Gasteiger partial charge in [0.15, 0.2) is 0 Å². The topological polar surface area (TPSA) is 90.0 Å². The van der Waals surface area contributed by atoms with Gasteiger partial charge in [0.05, 0.1) is 17.6 Å². The van der Waals surface area contributed by atoms with Crippen LogP contribution in [0.4, 0.5) is 5.69 Å². The molecule has 3 N–H and O–H groups in total. The molecular formula is C12H16N4O2S. The first kappa shape index (κ1) is 13.6. The third-order valence-corrected chi connectivity index (χ3v) is 3.85. The second-order valence-corrected chi connectivity index (χ2v) is 6.01. The fraction of sp³-hybridized carbons (Fsp3) is 0.250. The van der Waals surface area contributed by atoms with E-state index in [1.54, 1.807) is 25.4 Å². The fourth-order valence-electron chi connectivity index (χ4n) is 1.68. The zero-order chi connectivity index (χ0) is 13.9. The van der Waals surface area contributed by atoms with E-state index in [4.69, 9.17) is 5.73 Å². The highest BCUT2D eigenvalue weighted by Crippen LogP contribution is 2.12. The number of nitrogens with one attached hydrogen (secondary N) is 1. The highest BCUT2D eigenvalue weighted by molar-refractivity contribution is 7.91. The number of hydrogen-bond donors (Lipinski definition) is 2. The first-order valence-electron chi connectivity index (χ1n) is 5.75. The molecule has 1 heterocycles. The summed E-state index contributed by atoms with van der Waals surface area (Å²) >= 11 is 0. The van der Waals surface area contributed by atoms with E-state index in [2.05, 4.69) is 9.82 Å². The standard InChI is InChI=1S/C12H16N4O2S/c1-16-8-12(7-14-16)15-19(17,18)9-11-4-2-10(6-13)3-5-11/h2-5,7-8,15H,6,9,13H2,1H3.